The van der Waals surface area contributed by atoms with E-state index in [9.17, 15) is 0 Å². The normalized spacial score (nSPS) is 35.5. The molecule has 0 nitrogen and oxygen atoms in total. The van der Waals surface area contributed by atoms with Crippen LogP contribution in [0.5, 0.6) is 0 Å². The zero-order chi connectivity index (χ0) is 29.9. The molecule has 0 bridgehead atoms. The summed E-state index contributed by atoms with van der Waals surface area (Å²) in [6, 6.07) is 0. The van der Waals surface area contributed by atoms with Crippen molar-refractivity contribution in [3.8, 4) is 0 Å². The van der Waals surface area contributed by atoms with Crippen molar-refractivity contribution in [1.82, 2.24) is 0 Å². The number of hydrogen-bond acceptors (Lipinski definition) is 0. The maximum atomic E-state index is 8.45. The molecule has 3 aliphatic heterocycles. The molecule has 0 aromatic rings. The lowest BCUT2D eigenvalue weighted by Crippen LogP contribution is -2.86. The number of rotatable bonds is 5. The fourth-order valence-electron chi connectivity index (χ4n) is 13.6. The molecule has 3 fully saturated rings. The highest BCUT2D eigenvalue weighted by Crippen LogP contribution is 3.03. The summed E-state index contributed by atoms with van der Waals surface area (Å²) >= 11 is 30.7. The van der Waals surface area contributed by atoms with Gasteiger partial charge in [-0.15, -0.1) is 33.2 Å². The van der Waals surface area contributed by atoms with Gasteiger partial charge < -0.3 is 0 Å². The Morgan fingerprint density at radius 2 is 0.730 bits per heavy atom. The van der Waals surface area contributed by atoms with Gasteiger partial charge in [0.25, 0.3) is 0 Å². The first-order valence-electron chi connectivity index (χ1n) is 14.5. The smallest absolute Gasteiger partial charge is 0.174 e. The summed E-state index contributed by atoms with van der Waals surface area (Å²) in [5.74, 6) is -2.48. The fourth-order valence-corrected chi connectivity index (χ4v) is 467. The van der Waals surface area contributed by atoms with Crippen LogP contribution in [0.1, 0.15) is 54.4 Å². The van der Waals surface area contributed by atoms with E-state index in [4.69, 9.17) is 44.3 Å². The average molecular weight is 741 g/mol. The van der Waals surface area contributed by atoms with Crippen LogP contribution < -0.4 is 0 Å². The molecule has 0 aliphatic carbocycles. The first-order chi connectivity index (χ1) is 15.7. The minimum atomic E-state index is -3.04. The summed E-state index contributed by atoms with van der Waals surface area (Å²) in [5, 5.41) is 0.506. The number of hydrogen-bond donors (Lipinski definition) is 0. The molecule has 0 radical (unpaired) electrons. The molecule has 1 spiro atoms. The van der Waals surface area contributed by atoms with Gasteiger partial charge in [0.05, 0.1) is 13.3 Å². The topological polar surface area (TPSA) is 0 Å². The first kappa shape index (κ1) is 34.6. The van der Waals surface area contributed by atoms with Crippen molar-refractivity contribution in [2.75, 3.05) is 0 Å². The minimum Gasteiger partial charge on any atom is -0.174 e. The van der Waals surface area contributed by atoms with Crippen LogP contribution in [0.2, 0.25) is 97.2 Å². The minimum absolute atomic E-state index is 0.253. The van der Waals surface area contributed by atoms with Gasteiger partial charge in [-0.3, -0.25) is 0 Å². The molecule has 2 atom stereocenters. The van der Waals surface area contributed by atoms with Crippen molar-refractivity contribution in [3.63, 3.8) is 0 Å². The van der Waals surface area contributed by atoms with Crippen LogP contribution >= 0.6 is 44.3 Å². The van der Waals surface area contributed by atoms with E-state index in [1.165, 1.54) is 12.8 Å². The molecule has 3 heterocycles. The molecule has 0 amide bonds. The SMILES string of the molecule is CC(C)(C)[Si]12[Si]3(C([Si](C)(C)C)([Si](C)(C)C)CCC3([Si](C)(C)C)[Si](C)(C)C)[Si]1(C(C)(C)C)[Si]2(Cl)[Si](Cl)(Cl)Cl. The Morgan fingerprint density at radius 1 is 0.514 bits per heavy atom. The highest BCUT2D eigenvalue weighted by Gasteiger charge is 3.26. The highest BCUT2D eigenvalue weighted by molar-refractivity contribution is 8.70. The van der Waals surface area contributed by atoms with Gasteiger partial charge in [0.15, 0.2) is 5.94 Å². The molecule has 0 saturated carbocycles. The second-order valence-corrected chi connectivity index (χ2v) is 111. The Bertz CT molecular complexity index is 885. The third kappa shape index (κ3) is 3.09. The summed E-state index contributed by atoms with van der Waals surface area (Å²) in [5.41, 5.74) is -3.04. The zero-order valence-electron chi connectivity index (χ0n) is 27.4. The van der Waals surface area contributed by atoms with Gasteiger partial charge in [0.1, 0.15) is 0 Å². The van der Waals surface area contributed by atoms with Gasteiger partial charge in [-0.25, -0.2) is 0 Å². The van der Waals surface area contributed by atoms with Crippen LogP contribution in [0.4, 0.5) is 0 Å². The van der Waals surface area contributed by atoms with Crippen molar-refractivity contribution in [2.24, 2.45) is 0 Å². The fraction of sp³-hybridized carbons (Fsp3) is 1.00. The number of fused-ring (bicyclic) bond motifs is 3. The third-order valence-corrected chi connectivity index (χ3v) is 216. The van der Waals surface area contributed by atoms with Gasteiger partial charge in [0, 0.05) is 39.4 Å². The third-order valence-electron chi connectivity index (χ3n) is 12.5. The van der Waals surface area contributed by atoms with Gasteiger partial charge in [-0.05, 0) is 18.6 Å². The summed E-state index contributed by atoms with van der Waals surface area (Å²) in [6.07, 6.45) is 3.02. The first-order valence-corrected chi connectivity index (χ1v) is 48.5. The van der Waals surface area contributed by atoms with Gasteiger partial charge in [-0.2, -0.15) is 11.1 Å². The molecule has 3 saturated heterocycles. The molecule has 0 aromatic carbocycles. The van der Waals surface area contributed by atoms with E-state index in [1.54, 1.807) is 0 Å². The van der Waals surface area contributed by atoms with Crippen LogP contribution in [-0.4, -0.2) is 64.1 Å². The maximum Gasteiger partial charge on any atom is 0.335 e. The largest absolute Gasteiger partial charge is 0.335 e. The molecule has 3 aliphatic rings. The Labute approximate surface area is 257 Å². The summed E-state index contributed by atoms with van der Waals surface area (Å²) in [6.45, 7) is 45.2. The van der Waals surface area contributed by atoms with Gasteiger partial charge in [-0.1, -0.05) is 133 Å². The Kier molecular flexibility index (Phi) is 7.69. The summed E-state index contributed by atoms with van der Waals surface area (Å²) in [4.78, 5) is 0. The molecule has 3 rings (SSSR count). The van der Waals surface area contributed by atoms with Crippen molar-refractivity contribution in [2.45, 2.75) is 152 Å². The van der Waals surface area contributed by atoms with Crippen LogP contribution in [0.15, 0.2) is 0 Å². The van der Waals surface area contributed by atoms with E-state index in [0.29, 0.717) is 8.57 Å². The van der Waals surface area contributed by atoms with Crippen molar-refractivity contribution in [1.29, 1.82) is 0 Å². The molecular weight excluding hydrogens is 683 g/mol. The molecule has 0 N–H and O–H groups in total. The van der Waals surface area contributed by atoms with E-state index >= 15 is 0 Å². The van der Waals surface area contributed by atoms with E-state index in [-0.39, 0.29) is 10.1 Å². The lowest BCUT2D eigenvalue weighted by molar-refractivity contribution is 0.742. The Morgan fingerprint density at radius 3 is 0.865 bits per heavy atom. The Balaban J connectivity index is 2.83. The molecule has 37 heavy (non-hydrogen) atoms. The Hall–Kier alpha value is 3.11. The second-order valence-electron chi connectivity index (χ2n) is 19.2. The molecular formula is C24H58Cl4Si9. The van der Waals surface area contributed by atoms with Crippen LogP contribution in [0, 0.1) is 0 Å². The van der Waals surface area contributed by atoms with Crippen molar-refractivity contribution < 1.29 is 0 Å². The van der Waals surface area contributed by atoms with Crippen molar-refractivity contribution in [3.05, 3.63) is 0 Å². The van der Waals surface area contributed by atoms with E-state index in [0.717, 1.165) is 0 Å². The molecule has 13 heteroatoms. The van der Waals surface area contributed by atoms with Crippen LogP contribution in [0.3, 0.4) is 0 Å². The van der Waals surface area contributed by atoms with Gasteiger partial charge in [0.2, 0.25) is 0 Å². The monoisotopic (exact) mass is 738 g/mol. The summed E-state index contributed by atoms with van der Waals surface area (Å²) < 4.78 is 1.23. The molecule has 0 aromatic heterocycles. The highest BCUT2D eigenvalue weighted by atomic mass is 35.9. The lowest BCUT2D eigenvalue weighted by Gasteiger charge is -2.70. The zero-order valence-corrected chi connectivity index (χ0v) is 39.4. The second kappa shape index (κ2) is 8.22. The van der Waals surface area contributed by atoms with E-state index in [1.807, 2.05) is 0 Å². The van der Waals surface area contributed by atoms with E-state index in [2.05, 4.69) is 120 Å². The number of halogens is 4. The van der Waals surface area contributed by atoms with Gasteiger partial charge >= 0.3 is 5.52 Å². The predicted molar refractivity (Wildman–Crippen MR) is 200 cm³/mol. The van der Waals surface area contributed by atoms with Crippen molar-refractivity contribution >= 4 is 108 Å². The van der Waals surface area contributed by atoms with Crippen LogP contribution in [-0.2, 0) is 0 Å². The quantitative estimate of drug-likeness (QED) is 0.194. The average Bonchev–Trinajstić information content (AvgIpc) is 3.25. The predicted octanol–water partition coefficient (Wildman–Crippen LogP) is 11.1. The lowest BCUT2D eigenvalue weighted by atomic mass is 10.2. The molecule has 2 unspecified atom stereocenters. The standard InChI is InChI=1S/C24H58Cl4Si9/c1-21(2,3)34-33(35(34,22(4,5)6)37(34,28)36(25,26)27)23(29(7,8)9,30(10,11)12)19-20-24(33,31(13,14)15)32(16,17)18/h19-20H2,1-18H3. The maximum absolute atomic E-state index is 8.45. The van der Waals surface area contributed by atoms with Crippen LogP contribution in [0.25, 0.3) is 0 Å². The summed E-state index contributed by atoms with van der Waals surface area (Å²) in [7, 11) is -8.48. The molecule has 218 valence electrons. The van der Waals surface area contributed by atoms with E-state index < -0.39 is 64.1 Å².